The van der Waals surface area contributed by atoms with E-state index in [1.807, 2.05) is 80.6 Å². The van der Waals surface area contributed by atoms with Crippen molar-refractivity contribution in [2.75, 3.05) is 13.2 Å². The lowest BCUT2D eigenvalue weighted by molar-refractivity contribution is -0.336. The highest BCUT2D eigenvalue weighted by Gasteiger charge is 2.43. The highest BCUT2D eigenvalue weighted by atomic mass is 16.7. The molecule has 29 heavy (non-hydrogen) atoms. The van der Waals surface area contributed by atoms with E-state index in [-0.39, 0.29) is 24.9 Å². The predicted octanol–water partition coefficient (Wildman–Crippen LogP) is 3.86. The van der Waals surface area contributed by atoms with E-state index in [1.54, 1.807) is 6.08 Å². The van der Waals surface area contributed by atoms with E-state index in [4.69, 9.17) is 18.9 Å². The molecule has 1 aliphatic heterocycles. The summed E-state index contributed by atoms with van der Waals surface area (Å²) in [4.78, 5) is 0. The van der Waals surface area contributed by atoms with Gasteiger partial charge in [-0.1, -0.05) is 72.8 Å². The maximum Gasteiger partial charge on any atom is 0.164 e. The summed E-state index contributed by atoms with van der Waals surface area (Å²) < 4.78 is 24.4. The maximum absolute atomic E-state index is 9.22. The minimum Gasteiger partial charge on any atom is -0.392 e. The van der Waals surface area contributed by atoms with Gasteiger partial charge in [0.15, 0.2) is 5.79 Å². The fourth-order valence-electron chi connectivity index (χ4n) is 3.37. The van der Waals surface area contributed by atoms with Gasteiger partial charge in [0, 0.05) is 0 Å². The SMILES string of the molecule is CC1(C)O[C@@H](/C=C/CO)[C@@H](OCc2ccccc2)[C@@H](COCc2ccccc2)O1. The van der Waals surface area contributed by atoms with Crippen molar-refractivity contribution < 1.29 is 24.1 Å². The first kappa shape index (κ1) is 21.7. The van der Waals surface area contributed by atoms with Crippen LogP contribution in [0.1, 0.15) is 25.0 Å². The molecule has 3 atom stereocenters. The smallest absolute Gasteiger partial charge is 0.164 e. The van der Waals surface area contributed by atoms with E-state index in [1.165, 1.54) is 0 Å². The highest BCUT2D eigenvalue weighted by molar-refractivity contribution is 5.14. The van der Waals surface area contributed by atoms with Crippen LogP contribution in [-0.2, 0) is 32.2 Å². The van der Waals surface area contributed by atoms with Gasteiger partial charge in [-0.3, -0.25) is 0 Å². The molecule has 5 heteroatoms. The standard InChI is InChI=1S/C24H30O5/c1-24(2)28-21(14-9-15-25)23(27-17-20-12-7-4-8-13-20)22(29-24)18-26-16-19-10-5-3-6-11-19/h3-14,21-23,25H,15-18H2,1-2H3/b14-9+/t21-,22+,23+/m0/s1. The Bertz CT molecular complexity index is 744. The molecule has 0 unspecified atom stereocenters. The molecule has 1 fully saturated rings. The number of hydrogen-bond donors (Lipinski definition) is 1. The number of ether oxygens (including phenoxy) is 4. The highest BCUT2D eigenvalue weighted by Crippen LogP contribution is 2.30. The summed E-state index contributed by atoms with van der Waals surface area (Å²) in [5.74, 6) is -0.780. The normalized spacial score (nSPS) is 24.0. The van der Waals surface area contributed by atoms with E-state index in [0.29, 0.717) is 19.8 Å². The Morgan fingerprint density at radius 1 is 0.931 bits per heavy atom. The number of benzene rings is 2. The largest absolute Gasteiger partial charge is 0.392 e. The van der Waals surface area contributed by atoms with Crippen LogP contribution in [0.15, 0.2) is 72.8 Å². The minimum atomic E-state index is -0.780. The monoisotopic (exact) mass is 398 g/mol. The average molecular weight is 398 g/mol. The van der Waals surface area contributed by atoms with Crippen molar-refractivity contribution in [2.45, 2.75) is 51.2 Å². The molecule has 0 bridgehead atoms. The Morgan fingerprint density at radius 3 is 2.17 bits per heavy atom. The molecule has 0 amide bonds. The van der Waals surface area contributed by atoms with Crippen LogP contribution >= 0.6 is 0 Å². The first-order chi connectivity index (χ1) is 14.1. The summed E-state index contributed by atoms with van der Waals surface area (Å²) in [7, 11) is 0. The third kappa shape index (κ3) is 6.77. The molecule has 3 rings (SSSR count). The zero-order valence-electron chi connectivity index (χ0n) is 17.1. The second-order valence-corrected chi connectivity index (χ2v) is 7.51. The average Bonchev–Trinajstić information content (AvgIpc) is 2.72. The number of rotatable bonds is 9. The maximum atomic E-state index is 9.22. The van der Waals surface area contributed by atoms with Crippen LogP contribution in [0.25, 0.3) is 0 Å². The molecule has 0 aromatic heterocycles. The Morgan fingerprint density at radius 2 is 1.55 bits per heavy atom. The van der Waals surface area contributed by atoms with Crippen molar-refractivity contribution >= 4 is 0 Å². The summed E-state index contributed by atoms with van der Waals surface area (Å²) >= 11 is 0. The molecule has 156 valence electrons. The van der Waals surface area contributed by atoms with E-state index in [9.17, 15) is 5.11 Å². The Labute approximate surface area is 172 Å². The molecular weight excluding hydrogens is 368 g/mol. The molecule has 0 aliphatic carbocycles. The first-order valence-corrected chi connectivity index (χ1v) is 9.98. The van der Waals surface area contributed by atoms with Crippen LogP contribution in [0.3, 0.4) is 0 Å². The van der Waals surface area contributed by atoms with E-state index >= 15 is 0 Å². The fraction of sp³-hybridized carbons (Fsp3) is 0.417. The summed E-state index contributed by atoms with van der Waals surface area (Å²) in [5.41, 5.74) is 2.18. The van der Waals surface area contributed by atoms with Gasteiger partial charge >= 0.3 is 0 Å². The molecule has 2 aromatic rings. The molecule has 5 nitrogen and oxygen atoms in total. The molecule has 0 saturated carbocycles. The van der Waals surface area contributed by atoms with Gasteiger partial charge in [-0.25, -0.2) is 0 Å². The van der Waals surface area contributed by atoms with Crippen LogP contribution in [0.2, 0.25) is 0 Å². The van der Waals surface area contributed by atoms with Crippen molar-refractivity contribution in [1.29, 1.82) is 0 Å². The molecular formula is C24H30O5. The van der Waals surface area contributed by atoms with Gasteiger partial charge in [-0.15, -0.1) is 0 Å². The van der Waals surface area contributed by atoms with Crippen LogP contribution in [0.4, 0.5) is 0 Å². The van der Waals surface area contributed by atoms with Gasteiger partial charge in [0.1, 0.15) is 18.3 Å². The predicted molar refractivity (Wildman–Crippen MR) is 111 cm³/mol. The van der Waals surface area contributed by atoms with Gasteiger partial charge < -0.3 is 24.1 Å². The second kappa shape index (κ2) is 10.7. The molecule has 1 saturated heterocycles. The van der Waals surface area contributed by atoms with Crippen molar-refractivity contribution in [3.8, 4) is 0 Å². The van der Waals surface area contributed by atoms with Gasteiger partial charge in [0.2, 0.25) is 0 Å². The summed E-state index contributed by atoms with van der Waals surface area (Å²) in [5, 5.41) is 9.22. The summed E-state index contributed by atoms with van der Waals surface area (Å²) in [6.07, 6.45) is 2.50. The zero-order chi connectivity index (χ0) is 20.5. The van der Waals surface area contributed by atoms with Gasteiger partial charge in [0.05, 0.1) is 26.4 Å². The van der Waals surface area contributed by atoms with E-state index in [0.717, 1.165) is 11.1 Å². The van der Waals surface area contributed by atoms with Crippen molar-refractivity contribution in [1.82, 2.24) is 0 Å². The van der Waals surface area contributed by atoms with Crippen molar-refractivity contribution in [2.24, 2.45) is 0 Å². The summed E-state index contributed by atoms with van der Waals surface area (Å²) in [6.45, 7) is 5.03. The lowest BCUT2D eigenvalue weighted by Gasteiger charge is -2.44. The lowest BCUT2D eigenvalue weighted by Crippen LogP contribution is -2.56. The van der Waals surface area contributed by atoms with E-state index in [2.05, 4.69) is 0 Å². The minimum absolute atomic E-state index is 0.0538. The lowest BCUT2D eigenvalue weighted by atomic mass is 10.0. The van der Waals surface area contributed by atoms with Gasteiger partial charge in [-0.2, -0.15) is 0 Å². The number of aliphatic hydroxyl groups is 1. The Balaban J connectivity index is 1.69. The summed E-state index contributed by atoms with van der Waals surface area (Å²) in [6, 6.07) is 20.0. The Hall–Kier alpha value is -2.02. The third-order valence-corrected chi connectivity index (χ3v) is 4.66. The molecule has 0 spiro atoms. The van der Waals surface area contributed by atoms with Crippen LogP contribution in [0, 0.1) is 0 Å². The van der Waals surface area contributed by atoms with E-state index < -0.39 is 5.79 Å². The molecule has 1 heterocycles. The molecule has 0 radical (unpaired) electrons. The van der Waals surface area contributed by atoms with Gasteiger partial charge in [0.25, 0.3) is 0 Å². The molecule has 1 aliphatic rings. The van der Waals surface area contributed by atoms with Crippen molar-refractivity contribution in [3.63, 3.8) is 0 Å². The Kier molecular flexibility index (Phi) is 7.98. The molecule has 1 N–H and O–H groups in total. The van der Waals surface area contributed by atoms with Crippen LogP contribution in [-0.4, -0.2) is 42.4 Å². The first-order valence-electron chi connectivity index (χ1n) is 9.98. The number of hydrogen-bond acceptors (Lipinski definition) is 5. The zero-order valence-corrected chi connectivity index (χ0v) is 17.1. The van der Waals surface area contributed by atoms with Crippen molar-refractivity contribution in [3.05, 3.63) is 83.9 Å². The van der Waals surface area contributed by atoms with Crippen LogP contribution in [0.5, 0.6) is 0 Å². The fourth-order valence-corrected chi connectivity index (χ4v) is 3.37. The second-order valence-electron chi connectivity index (χ2n) is 7.51. The topological polar surface area (TPSA) is 57.2 Å². The van der Waals surface area contributed by atoms with Crippen LogP contribution < -0.4 is 0 Å². The third-order valence-electron chi connectivity index (χ3n) is 4.66. The quantitative estimate of drug-likeness (QED) is 0.650. The molecule has 2 aromatic carbocycles. The number of aliphatic hydroxyl groups excluding tert-OH is 1. The van der Waals surface area contributed by atoms with Gasteiger partial charge in [-0.05, 0) is 25.0 Å².